The summed E-state index contributed by atoms with van der Waals surface area (Å²) in [6.45, 7) is 0. The summed E-state index contributed by atoms with van der Waals surface area (Å²) < 4.78 is 0. The van der Waals surface area contributed by atoms with Crippen molar-refractivity contribution in [1.82, 2.24) is 4.98 Å². The monoisotopic (exact) mass is 293 g/mol. The van der Waals surface area contributed by atoms with Gasteiger partial charge in [-0.1, -0.05) is 48.5 Å². The van der Waals surface area contributed by atoms with Gasteiger partial charge in [0.05, 0.1) is 5.92 Å². The number of para-hydroxylation sites is 1. The van der Waals surface area contributed by atoms with Gasteiger partial charge in [0.1, 0.15) is 0 Å². The van der Waals surface area contributed by atoms with Gasteiger partial charge < -0.3 is 10.1 Å². The lowest BCUT2D eigenvalue weighted by molar-refractivity contribution is -0.141. The van der Waals surface area contributed by atoms with Crippen LogP contribution in [0.2, 0.25) is 0 Å². The van der Waals surface area contributed by atoms with Crippen LogP contribution in [-0.2, 0) is 17.6 Å². The van der Waals surface area contributed by atoms with Crippen molar-refractivity contribution in [2.24, 2.45) is 5.92 Å². The highest BCUT2D eigenvalue weighted by atomic mass is 16.4. The van der Waals surface area contributed by atoms with Crippen LogP contribution in [0.3, 0.4) is 0 Å². The van der Waals surface area contributed by atoms with Crippen molar-refractivity contribution in [3.05, 3.63) is 71.9 Å². The standard InChI is InChI=1S/C19H19NO2/c21-19(22)15(11-10-14-6-2-1-3-7-14)12-16-13-20-18-9-5-4-8-17(16)18/h1-9,13,15,20H,10-12H2,(H,21,22)/t15-/m0/s1. The van der Waals surface area contributed by atoms with Crippen LogP contribution in [0.25, 0.3) is 10.9 Å². The first-order valence-corrected chi connectivity index (χ1v) is 7.56. The number of aliphatic carboxylic acids is 1. The van der Waals surface area contributed by atoms with Gasteiger partial charge in [0.25, 0.3) is 0 Å². The van der Waals surface area contributed by atoms with Crippen molar-refractivity contribution in [1.29, 1.82) is 0 Å². The molecule has 0 aliphatic carbocycles. The van der Waals surface area contributed by atoms with E-state index in [1.54, 1.807) is 0 Å². The summed E-state index contributed by atoms with van der Waals surface area (Å²) in [6, 6.07) is 18.1. The molecule has 2 N–H and O–H groups in total. The fourth-order valence-electron chi connectivity index (χ4n) is 2.86. The highest BCUT2D eigenvalue weighted by Gasteiger charge is 2.19. The second-order valence-corrected chi connectivity index (χ2v) is 5.62. The van der Waals surface area contributed by atoms with Gasteiger partial charge in [0.15, 0.2) is 0 Å². The molecule has 3 aromatic rings. The van der Waals surface area contributed by atoms with Crippen LogP contribution in [0.5, 0.6) is 0 Å². The van der Waals surface area contributed by atoms with E-state index in [9.17, 15) is 9.90 Å². The number of nitrogens with one attached hydrogen (secondary N) is 1. The van der Waals surface area contributed by atoms with Crippen molar-refractivity contribution in [2.45, 2.75) is 19.3 Å². The van der Waals surface area contributed by atoms with E-state index in [1.807, 2.05) is 60.8 Å². The first kappa shape index (κ1) is 14.4. The first-order valence-electron chi connectivity index (χ1n) is 7.56. The second kappa shape index (κ2) is 6.48. The van der Waals surface area contributed by atoms with Crippen molar-refractivity contribution >= 4 is 16.9 Å². The van der Waals surface area contributed by atoms with Gasteiger partial charge in [-0.25, -0.2) is 0 Å². The summed E-state index contributed by atoms with van der Waals surface area (Å²) in [5.41, 5.74) is 3.33. The number of rotatable bonds is 6. The zero-order valence-corrected chi connectivity index (χ0v) is 12.3. The van der Waals surface area contributed by atoms with E-state index < -0.39 is 5.97 Å². The molecule has 0 saturated carbocycles. The highest BCUT2D eigenvalue weighted by Crippen LogP contribution is 2.23. The van der Waals surface area contributed by atoms with Gasteiger partial charge in [0, 0.05) is 17.1 Å². The van der Waals surface area contributed by atoms with E-state index >= 15 is 0 Å². The largest absolute Gasteiger partial charge is 0.481 e. The Bertz CT molecular complexity index is 761. The Morgan fingerprint density at radius 3 is 2.55 bits per heavy atom. The molecule has 0 unspecified atom stereocenters. The quantitative estimate of drug-likeness (QED) is 0.720. The summed E-state index contributed by atoms with van der Waals surface area (Å²) in [5, 5.41) is 10.6. The zero-order valence-electron chi connectivity index (χ0n) is 12.3. The van der Waals surface area contributed by atoms with Crippen molar-refractivity contribution in [2.75, 3.05) is 0 Å². The van der Waals surface area contributed by atoms with Crippen molar-refractivity contribution in [3.8, 4) is 0 Å². The first-order chi connectivity index (χ1) is 10.7. The molecule has 3 rings (SSSR count). The summed E-state index contributed by atoms with van der Waals surface area (Å²) in [4.78, 5) is 14.8. The maximum Gasteiger partial charge on any atom is 0.306 e. The lowest BCUT2D eigenvalue weighted by Crippen LogP contribution is -2.17. The Morgan fingerprint density at radius 1 is 1.05 bits per heavy atom. The number of aryl methyl sites for hydroxylation is 1. The Hall–Kier alpha value is -2.55. The van der Waals surface area contributed by atoms with Gasteiger partial charge in [-0.3, -0.25) is 4.79 Å². The fourth-order valence-corrected chi connectivity index (χ4v) is 2.86. The molecular formula is C19H19NO2. The molecule has 0 radical (unpaired) electrons. The molecule has 0 saturated heterocycles. The summed E-state index contributed by atoms with van der Waals surface area (Å²) in [6.07, 6.45) is 3.94. The third-order valence-electron chi connectivity index (χ3n) is 4.11. The molecule has 3 heteroatoms. The lowest BCUT2D eigenvalue weighted by atomic mass is 9.93. The van der Waals surface area contributed by atoms with E-state index in [0.29, 0.717) is 12.8 Å². The Kier molecular flexibility index (Phi) is 4.24. The van der Waals surface area contributed by atoms with Crippen molar-refractivity contribution in [3.63, 3.8) is 0 Å². The number of fused-ring (bicyclic) bond motifs is 1. The molecule has 2 aromatic carbocycles. The van der Waals surface area contributed by atoms with Gasteiger partial charge in [-0.15, -0.1) is 0 Å². The number of hydrogen-bond acceptors (Lipinski definition) is 1. The molecule has 112 valence electrons. The van der Waals surface area contributed by atoms with Gasteiger partial charge in [-0.05, 0) is 36.5 Å². The number of aromatic nitrogens is 1. The predicted molar refractivity (Wildman–Crippen MR) is 87.9 cm³/mol. The number of carboxylic acids is 1. The average Bonchev–Trinajstić information content (AvgIpc) is 2.95. The van der Waals surface area contributed by atoms with Gasteiger partial charge >= 0.3 is 5.97 Å². The number of aromatic amines is 1. The third-order valence-corrected chi connectivity index (χ3v) is 4.11. The Labute approximate surface area is 129 Å². The van der Waals surface area contributed by atoms with Crippen LogP contribution in [-0.4, -0.2) is 16.1 Å². The second-order valence-electron chi connectivity index (χ2n) is 5.62. The Balaban J connectivity index is 1.73. The normalized spacial score (nSPS) is 12.4. The number of H-pyrrole nitrogens is 1. The minimum absolute atomic E-state index is 0.362. The lowest BCUT2D eigenvalue weighted by Gasteiger charge is -2.12. The van der Waals surface area contributed by atoms with Gasteiger partial charge in [-0.2, -0.15) is 0 Å². The maximum atomic E-state index is 11.6. The van der Waals surface area contributed by atoms with Crippen LogP contribution >= 0.6 is 0 Å². The molecule has 0 fully saturated rings. The minimum Gasteiger partial charge on any atom is -0.481 e. The number of benzene rings is 2. The van der Waals surface area contributed by atoms with E-state index in [0.717, 1.165) is 22.9 Å². The molecule has 1 atom stereocenters. The molecule has 0 bridgehead atoms. The summed E-state index contributed by atoms with van der Waals surface area (Å²) in [5.74, 6) is -1.08. The van der Waals surface area contributed by atoms with Crippen LogP contribution in [0.1, 0.15) is 17.5 Å². The van der Waals surface area contributed by atoms with Gasteiger partial charge in [0.2, 0.25) is 0 Å². The molecule has 0 aliphatic rings. The average molecular weight is 293 g/mol. The molecule has 3 nitrogen and oxygen atoms in total. The minimum atomic E-state index is -0.721. The van der Waals surface area contributed by atoms with E-state index in [2.05, 4.69) is 4.98 Å². The van der Waals surface area contributed by atoms with E-state index in [4.69, 9.17) is 0 Å². The molecule has 0 aliphatic heterocycles. The molecule has 0 amide bonds. The summed E-state index contributed by atoms with van der Waals surface area (Å²) >= 11 is 0. The number of carboxylic acid groups (broad SMARTS) is 1. The fraction of sp³-hybridized carbons (Fsp3) is 0.211. The van der Waals surface area contributed by atoms with Crippen molar-refractivity contribution < 1.29 is 9.90 Å². The van der Waals surface area contributed by atoms with Crippen LogP contribution < -0.4 is 0 Å². The predicted octanol–water partition coefficient (Wildman–Crippen LogP) is 4.04. The number of carbonyl (C=O) groups is 1. The molecule has 1 aromatic heterocycles. The maximum absolute atomic E-state index is 11.6. The van der Waals surface area contributed by atoms with Crippen LogP contribution in [0.4, 0.5) is 0 Å². The molecule has 22 heavy (non-hydrogen) atoms. The molecular weight excluding hydrogens is 274 g/mol. The highest BCUT2D eigenvalue weighted by molar-refractivity contribution is 5.83. The number of hydrogen-bond donors (Lipinski definition) is 2. The topological polar surface area (TPSA) is 53.1 Å². The summed E-state index contributed by atoms with van der Waals surface area (Å²) in [7, 11) is 0. The van der Waals surface area contributed by atoms with Crippen LogP contribution in [0.15, 0.2) is 60.8 Å². The van der Waals surface area contributed by atoms with Crippen LogP contribution in [0, 0.1) is 5.92 Å². The van der Waals surface area contributed by atoms with E-state index in [1.165, 1.54) is 5.56 Å². The smallest absolute Gasteiger partial charge is 0.306 e. The molecule has 1 heterocycles. The molecule has 0 spiro atoms. The Morgan fingerprint density at radius 2 is 1.77 bits per heavy atom. The van der Waals surface area contributed by atoms with E-state index in [-0.39, 0.29) is 5.92 Å². The zero-order chi connectivity index (χ0) is 15.4. The third kappa shape index (κ3) is 3.19. The SMILES string of the molecule is O=C(O)[C@@H](CCc1ccccc1)Cc1c[nH]c2ccccc12.